The summed E-state index contributed by atoms with van der Waals surface area (Å²) in [7, 11) is -3.59. The molecule has 0 aliphatic carbocycles. The maximum atomic E-state index is 11.5. The lowest BCUT2D eigenvalue weighted by Gasteiger charge is -2.12. The molecule has 1 unspecified atom stereocenters. The van der Waals surface area contributed by atoms with Gasteiger partial charge in [0.15, 0.2) is 0 Å². The van der Waals surface area contributed by atoms with E-state index in [9.17, 15) is 13.2 Å². The van der Waals surface area contributed by atoms with Crippen molar-refractivity contribution < 1.29 is 18.3 Å². The number of carbonyl (C=O) groups is 1. The summed E-state index contributed by atoms with van der Waals surface area (Å²) < 4.78 is 25.4. The minimum Gasteiger partial charge on any atom is -0.481 e. The number of nitrogens with zero attached hydrogens (tertiary/aromatic N) is 1. The molecule has 0 aliphatic heterocycles. The molecular weight excluding hydrogens is 244 g/mol. The standard InChI is InChI=1S/C10H14N2O4S/c1-8(9-4-2-3-6-11-9)12-17(15,16)7-5-10(13)14/h2-4,6,8,12H,5,7H2,1H3,(H,13,14). The van der Waals surface area contributed by atoms with Gasteiger partial charge in [-0.1, -0.05) is 6.07 Å². The van der Waals surface area contributed by atoms with E-state index in [1.807, 2.05) is 0 Å². The monoisotopic (exact) mass is 258 g/mol. The summed E-state index contributed by atoms with van der Waals surface area (Å²) >= 11 is 0. The van der Waals surface area contributed by atoms with Crippen LogP contribution >= 0.6 is 0 Å². The molecule has 0 saturated heterocycles. The van der Waals surface area contributed by atoms with Gasteiger partial charge in [-0.05, 0) is 19.1 Å². The van der Waals surface area contributed by atoms with E-state index >= 15 is 0 Å². The topological polar surface area (TPSA) is 96.4 Å². The Morgan fingerprint density at radius 2 is 2.24 bits per heavy atom. The van der Waals surface area contributed by atoms with Gasteiger partial charge in [-0.3, -0.25) is 9.78 Å². The van der Waals surface area contributed by atoms with Crippen molar-refractivity contribution in [3.63, 3.8) is 0 Å². The highest BCUT2D eigenvalue weighted by molar-refractivity contribution is 7.89. The first kappa shape index (κ1) is 13.6. The predicted octanol–water partition coefficient (Wildman–Crippen LogP) is 0.537. The number of hydrogen-bond donors (Lipinski definition) is 2. The number of pyridine rings is 1. The molecule has 1 rings (SSSR count). The largest absolute Gasteiger partial charge is 0.481 e. The number of carboxylic acids is 1. The number of rotatable bonds is 6. The van der Waals surface area contributed by atoms with Crippen LogP contribution in [0.1, 0.15) is 25.1 Å². The number of aromatic nitrogens is 1. The average molecular weight is 258 g/mol. The summed E-state index contributed by atoms with van der Waals surface area (Å²) in [5.41, 5.74) is 0.589. The number of hydrogen-bond acceptors (Lipinski definition) is 4. The quantitative estimate of drug-likeness (QED) is 0.776. The van der Waals surface area contributed by atoms with Crippen LogP contribution in [-0.2, 0) is 14.8 Å². The molecule has 0 fully saturated rings. The zero-order chi connectivity index (χ0) is 12.9. The number of carboxylic acid groups (broad SMARTS) is 1. The maximum Gasteiger partial charge on any atom is 0.304 e. The third kappa shape index (κ3) is 4.92. The van der Waals surface area contributed by atoms with Crippen LogP contribution < -0.4 is 4.72 Å². The highest BCUT2D eigenvalue weighted by atomic mass is 32.2. The van der Waals surface area contributed by atoms with Gasteiger partial charge in [0.1, 0.15) is 0 Å². The van der Waals surface area contributed by atoms with Crippen LogP contribution in [0.3, 0.4) is 0 Å². The number of sulfonamides is 1. The van der Waals surface area contributed by atoms with Crippen LogP contribution in [0, 0.1) is 0 Å². The van der Waals surface area contributed by atoms with E-state index in [1.165, 1.54) is 0 Å². The fourth-order valence-corrected chi connectivity index (χ4v) is 2.46. The molecule has 0 radical (unpaired) electrons. The minimum atomic E-state index is -3.59. The SMILES string of the molecule is CC(NS(=O)(=O)CCC(=O)O)c1ccccn1. The predicted molar refractivity (Wildman–Crippen MR) is 61.8 cm³/mol. The molecule has 17 heavy (non-hydrogen) atoms. The van der Waals surface area contributed by atoms with E-state index in [1.54, 1.807) is 31.3 Å². The van der Waals surface area contributed by atoms with Crippen LogP contribution in [-0.4, -0.2) is 30.2 Å². The van der Waals surface area contributed by atoms with Crippen LogP contribution in [0.15, 0.2) is 24.4 Å². The van der Waals surface area contributed by atoms with E-state index in [4.69, 9.17) is 5.11 Å². The molecule has 0 aromatic carbocycles. The third-order valence-corrected chi connectivity index (χ3v) is 3.53. The Morgan fingerprint density at radius 1 is 1.53 bits per heavy atom. The highest BCUT2D eigenvalue weighted by Crippen LogP contribution is 2.09. The van der Waals surface area contributed by atoms with E-state index in [2.05, 4.69) is 9.71 Å². The molecule has 1 aromatic rings. The summed E-state index contributed by atoms with van der Waals surface area (Å²) in [6.07, 6.45) is 1.15. The lowest BCUT2D eigenvalue weighted by molar-refractivity contribution is -0.136. The summed E-state index contributed by atoms with van der Waals surface area (Å²) in [5, 5.41) is 8.42. The van der Waals surface area contributed by atoms with Crippen molar-refractivity contribution in [2.24, 2.45) is 0 Å². The van der Waals surface area contributed by atoms with E-state index in [0.717, 1.165) is 0 Å². The van der Waals surface area contributed by atoms with Crippen molar-refractivity contribution >= 4 is 16.0 Å². The van der Waals surface area contributed by atoms with Crippen molar-refractivity contribution in [2.45, 2.75) is 19.4 Å². The van der Waals surface area contributed by atoms with Crippen LogP contribution in [0.5, 0.6) is 0 Å². The summed E-state index contributed by atoms with van der Waals surface area (Å²) in [6, 6.07) is 4.71. The van der Waals surface area contributed by atoms with Gasteiger partial charge < -0.3 is 5.11 Å². The van der Waals surface area contributed by atoms with Gasteiger partial charge in [-0.15, -0.1) is 0 Å². The molecule has 0 spiro atoms. The molecule has 6 nitrogen and oxygen atoms in total. The first-order valence-electron chi connectivity index (χ1n) is 5.03. The molecule has 0 aliphatic rings. The first-order valence-corrected chi connectivity index (χ1v) is 6.68. The van der Waals surface area contributed by atoms with Gasteiger partial charge in [0.05, 0.1) is 23.9 Å². The number of aliphatic carboxylic acids is 1. The molecule has 0 bridgehead atoms. The summed E-state index contributed by atoms with van der Waals surface area (Å²) in [6.45, 7) is 1.65. The smallest absolute Gasteiger partial charge is 0.304 e. The summed E-state index contributed by atoms with van der Waals surface area (Å²) in [4.78, 5) is 14.3. The zero-order valence-electron chi connectivity index (χ0n) is 9.33. The molecular formula is C10H14N2O4S. The Hall–Kier alpha value is -1.47. The van der Waals surface area contributed by atoms with Crippen LogP contribution in [0.25, 0.3) is 0 Å². The molecule has 0 saturated carbocycles. The Bertz CT molecular complexity index is 472. The molecule has 1 heterocycles. The minimum absolute atomic E-state index is 0.412. The first-order chi connectivity index (χ1) is 7.91. The van der Waals surface area contributed by atoms with Gasteiger partial charge >= 0.3 is 5.97 Å². The highest BCUT2D eigenvalue weighted by Gasteiger charge is 2.17. The Labute approximate surface area is 99.7 Å². The van der Waals surface area contributed by atoms with Crippen molar-refractivity contribution in [2.75, 3.05) is 5.75 Å². The lowest BCUT2D eigenvalue weighted by atomic mass is 10.2. The second-order valence-corrected chi connectivity index (χ2v) is 5.43. The van der Waals surface area contributed by atoms with Gasteiger partial charge in [0.25, 0.3) is 0 Å². The average Bonchev–Trinajstić information content (AvgIpc) is 2.27. The van der Waals surface area contributed by atoms with Crippen molar-refractivity contribution in [3.8, 4) is 0 Å². The number of nitrogens with one attached hydrogen (secondary N) is 1. The van der Waals surface area contributed by atoms with E-state index < -0.39 is 34.2 Å². The maximum absolute atomic E-state index is 11.5. The van der Waals surface area contributed by atoms with E-state index in [-0.39, 0.29) is 0 Å². The molecule has 2 N–H and O–H groups in total. The van der Waals surface area contributed by atoms with Crippen LogP contribution in [0.2, 0.25) is 0 Å². The van der Waals surface area contributed by atoms with Gasteiger partial charge in [-0.25, -0.2) is 13.1 Å². The lowest BCUT2D eigenvalue weighted by Crippen LogP contribution is -2.30. The zero-order valence-corrected chi connectivity index (χ0v) is 10.1. The second-order valence-electron chi connectivity index (χ2n) is 3.56. The molecule has 94 valence electrons. The Balaban J connectivity index is 2.62. The van der Waals surface area contributed by atoms with Gasteiger partial charge in [-0.2, -0.15) is 0 Å². The normalized spacial score (nSPS) is 13.2. The fraction of sp³-hybridized carbons (Fsp3) is 0.400. The second kappa shape index (κ2) is 5.74. The van der Waals surface area contributed by atoms with Gasteiger partial charge in [0.2, 0.25) is 10.0 Å². The molecule has 1 atom stereocenters. The molecule has 1 aromatic heterocycles. The van der Waals surface area contributed by atoms with Crippen molar-refractivity contribution in [1.29, 1.82) is 0 Å². The van der Waals surface area contributed by atoms with Gasteiger partial charge in [0, 0.05) is 6.20 Å². The molecule has 7 heteroatoms. The Morgan fingerprint density at radius 3 is 2.76 bits per heavy atom. The van der Waals surface area contributed by atoms with Crippen molar-refractivity contribution in [1.82, 2.24) is 9.71 Å². The fourth-order valence-electron chi connectivity index (χ4n) is 1.24. The Kier molecular flexibility index (Phi) is 4.59. The van der Waals surface area contributed by atoms with Crippen LogP contribution in [0.4, 0.5) is 0 Å². The van der Waals surface area contributed by atoms with E-state index in [0.29, 0.717) is 5.69 Å². The third-order valence-electron chi connectivity index (χ3n) is 2.07. The molecule has 0 amide bonds. The van der Waals surface area contributed by atoms with Crippen molar-refractivity contribution in [3.05, 3.63) is 30.1 Å². The summed E-state index contributed by atoms with van der Waals surface area (Å²) in [5.74, 6) is -1.57.